The van der Waals surface area contributed by atoms with Gasteiger partial charge in [-0.3, -0.25) is 0 Å². The van der Waals surface area contributed by atoms with Gasteiger partial charge in [0.15, 0.2) is 0 Å². The van der Waals surface area contributed by atoms with Crippen molar-refractivity contribution in [1.82, 2.24) is 4.98 Å². The first-order chi connectivity index (χ1) is 8.70. The highest BCUT2D eigenvalue weighted by molar-refractivity contribution is 5.95. The van der Waals surface area contributed by atoms with E-state index in [1.807, 2.05) is 0 Å². The number of halogens is 2. The third kappa shape index (κ3) is 1.49. The number of methoxy groups -OCH3 is 1. The molecule has 0 radical (unpaired) electrons. The Morgan fingerprint density at radius 3 is 2.56 bits per heavy atom. The van der Waals surface area contributed by atoms with Crippen molar-refractivity contribution < 1.29 is 13.5 Å². The van der Waals surface area contributed by atoms with Gasteiger partial charge in [0.25, 0.3) is 0 Å². The van der Waals surface area contributed by atoms with Crippen molar-refractivity contribution in [3.63, 3.8) is 0 Å². The first kappa shape index (κ1) is 10.9. The van der Waals surface area contributed by atoms with Gasteiger partial charge in [-0.05, 0) is 24.3 Å². The molecule has 0 saturated heterocycles. The van der Waals surface area contributed by atoms with Crippen LogP contribution >= 0.6 is 0 Å². The van der Waals surface area contributed by atoms with E-state index in [0.717, 1.165) is 12.1 Å². The molecule has 3 aromatic rings. The molecule has 0 aliphatic rings. The normalized spacial score (nSPS) is 11.1. The fourth-order valence-electron chi connectivity index (χ4n) is 2.02. The Hall–Kier alpha value is -2.23. The minimum Gasteiger partial charge on any atom is -0.494 e. The van der Waals surface area contributed by atoms with Crippen molar-refractivity contribution >= 4 is 21.8 Å². The fraction of sp³-hybridized carbons (Fsp3) is 0.0714. The minimum atomic E-state index is -0.542. The largest absolute Gasteiger partial charge is 0.494 e. The molecule has 1 heterocycles. The van der Waals surface area contributed by atoms with E-state index in [-0.39, 0.29) is 10.9 Å². The predicted octanol–water partition coefficient (Wildman–Crippen LogP) is 3.67. The Kier molecular flexibility index (Phi) is 2.37. The quantitative estimate of drug-likeness (QED) is 0.610. The number of aromatic nitrogens is 1. The molecule has 0 spiro atoms. The lowest BCUT2D eigenvalue weighted by molar-refractivity contribution is 0.419. The van der Waals surface area contributed by atoms with Gasteiger partial charge in [-0.15, -0.1) is 0 Å². The number of benzene rings is 2. The van der Waals surface area contributed by atoms with Gasteiger partial charge in [0.05, 0.1) is 7.11 Å². The Labute approximate surface area is 102 Å². The highest BCUT2D eigenvalue weighted by Crippen LogP contribution is 2.29. The van der Waals surface area contributed by atoms with Crippen LogP contribution in [0.1, 0.15) is 0 Å². The van der Waals surface area contributed by atoms with Crippen LogP contribution in [0.5, 0.6) is 5.75 Å². The summed E-state index contributed by atoms with van der Waals surface area (Å²) >= 11 is 0. The zero-order valence-electron chi connectivity index (χ0n) is 9.58. The zero-order chi connectivity index (χ0) is 12.7. The SMILES string of the molecule is COc1cccc2cc3c(F)ccc(F)c3nc12. The number of fused-ring (bicyclic) bond motifs is 2. The van der Waals surface area contributed by atoms with Gasteiger partial charge < -0.3 is 4.74 Å². The summed E-state index contributed by atoms with van der Waals surface area (Å²) in [6.45, 7) is 0. The van der Waals surface area contributed by atoms with Crippen LogP contribution in [0.3, 0.4) is 0 Å². The van der Waals surface area contributed by atoms with E-state index >= 15 is 0 Å². The number of hydrogen-bond acceptors (Lipinski definition) is 2. The molecule has 0 fully saturated rings. The summed E-state index contributed by atoms with van der Waals surface area (Å²) in [4.78, 5) is 4.17. The van der Waals surface area contributed by atoms with Gasteiger partial charge in [0, 0.05) is 10.8 Å². The molecule has 0 N–H and O–H groups in total. The van der Waals surface area contributed by atoms with Crippen molar-refractivity contribution in [2.24, 2.45) is 0 Å². The van der Waals surface area contributed by atoms with E-state index in [0.29, 0.717) is 16.7 Å². The molecule has 4 heteroatoms. The Morgan fingerprint density at radius 1 is 1.00 bits per heavy atom. The van der Waals surface area contributed by atoms with Crippen molar-refractivity contribution in [2.45, 2.75) is 0 Å². The van der Waals surface area contributed by atoms with Crippen LogP contribution in [0.15, 0.2) is 36.4 Å². The number of para-hydroxylation sites is 1. The van der Waals surface area contributed by atoms with Crippen molar-refractivity contribution in [1.29, 1.82) is 0 Å². The first-order valence-corrected chi connectivity index (χ1v) is 5.42. The highest BCUT2D eigenvalue weighted by Gasteiger charge is 2.11. The second-order valence-corrected chi connectivity index (χ2v) is 3.95. The molecule has 0 aliphatic carbocycles. The maximum atomic E-state index is 13.7. The molecule has 1 aromatic heterocycles. The van der Waals surface area contributed by atoms with Crippen LogP contribution in [0.25, 0.3) is 21.8 Å². The molecule has 2 aromatic carbocycles. The molecule has 3 rings (SSSR count). The van der Waals surface area contributed by atoms with E-state index in [4.69, 9.17) is 4.74 Å². The van der Waals surface area contributed by atoms with Gasteiger partial charge >= 0.3 is 0 Å². The molecular weight excluding hydrogens is 236 g/mol. The third-order valence-electron chi connectivity index (χ3n) is 2.89. The van der Waals surface area contributed by atoms with E-state index in [2.05, 4.69) is 4.98 Å². The zero-order valence-corrected chi connectivity index (χ0v) is 9.58. The van der Waals surface area contributed by atoms with Gasteiger partial charge in [-0.2, -0.15) is 0 Å². The number of ether oxygens (including phenoxy) is 1. The second-order valence-electron chi connectivity index (χ2n) is 3.95. The van der Waals surface area contributed by atoms with Crippen LogP contribution in [-0.2, 0) is 0 Å². The Morgan fingerprint density at radius 2 is 1.78 bits per heavy atom. The van der Waals surface area contributed by atoms with E-state index in [1.54, 1.807) is 24.3 Å². The molecule has 0 amide bonds. The molecule has 18 heavy (non-hydrogen) atoms. The lowest BCUT2D eigenvalue weighted by atomic mass is 10.1. The summed E-state index contributed by atoms with van der Waals surface area (Å²) in [5.74, 6) is -0.485. The molecule has 0 atom stereocenters. The van der Waals surface area contributed by atoms with E-state index in [1.165, 1.54) is 7.11 Å². The summed E-state index contributed by atoms with van der Waals surface area (Å²) in [5.41, 5.74) is 0.545. The number of rotatable bonds is 1. The molecule has 0 aliphatic heterocycles. The number of pyridine rings is 1. The Bertz CT molecular complexity index is 755. The molecule has 2 nitrogen and oxygen atoms in total. The topological polar surface area (TPSA) is 22.1 Å². The van der Waals surface area contributed by atoms with Crippen molar-refractivity contribution in [3.05, 3.63) is 48.0 Å². The summed E-state index contributed by atoms with van der Waals surface area (Å²) in [6.07, 6.45) is 0. The molecule has 0 unspecified atom stereocenters. The fourth-order valence-corrected chi connectivity index (χ4v) is 2.02. The van der Waals surface area contributed by atoms with Crippen molar-refractivity contribution in [3.8, 4) is 5.75 Å². The van der Waals surface area contributed by atoms with Gasteiger partial charge in [0.1, 0.15) is 28.4 Å². The molecule has 90 valence electrons. The summed E-state index contributed by atoms with van der Waals surface area (Å²) < 4.78 is 32.5. The first-order valence-electron chi connectivity index (χ1n) is 5.42. The molecular formula is C14H9F2NO. The maximum Gasteiger partial charge on any atom is 0.149 e. The second kappa shape index (κ2) is 3.91. The van der Waals surface area contributed by atoms with Crippen LogP contribution in [0.2, 0.25) is 0 Å². The lowest BCUT2D eigenvalue weighted by Gasteiger charge is -2.07. The number of hydrogen-bond donors (Lipinski definition) is 0. The summed E-state index contributed by atoms with van der Waals surface area (Å²) in [5, 5.41) is 0.891. The van der Waals surface area contributed by atoms with Crippen LogP contribution in [0, 0.1) is 11.6 Å². The smallest absolute Gasteiger partial charge is 0.149 e. The van der Waals surface area contributed by atoms with Crippen LogP contribution < -0.4 is 4.74 Å². The molecule has 0 bridgehead atoms. The maximum absolute atomic E-state index is 13.7. The van der Waals surface area contributed by atoms with Gasteiger partial charge in [0.2, 0.25) is 0 Å². The lowest BCUT2D eigenvalue weighted by Crippen LogP contribution is -1.92. The molecule has 0 saturated carbocycles. The summed E-state index contributed by atoms with van der Waals surface area (Å²) in [7, 11) is 1.52. The standard InChI is InChI=1S/C14H9F2NO/c1-18-12-4-2-3-8-7-9-10(15)5-6-11(16)14(9)17-13(8)12/h2-7H,1H3. The van der Waals surface area contributed by atoms with Crippen molar-refractivity contribution in [2.75, 3.05) is 7.11 Å². The highest BCUT2D eigenvalue weighted by atomic mass is 19.1. The van der Waals surface area contributed by atoms with E-state index in [9.17, 15) is 8.78 Å². The summed E-state index contributed by atoms with van der Waals surface area (Å²) in [6, 6.07) is 9.06. The van der Waals surface area contributed by atoms with Gasteiger partial charge in [-0.25, -0.2) is 13.8 Å². The predicted molar refractivity (Wildman–Crippen MR) is 65.7 cm³/mol. The van der Waals surface area contributed by atoms with Crippen LogP contribution in [-0.4, -0.2) is 12.1 Å². The minimum absolute atomic E-state index is 0.0204. The average molecular weight is 245 g/mol. The monoisotopic (exact) mass is 245 g/mol. The van der Waals surface area contributed by atoms with Gasteiger partial charge in [-0.1, -0.05) is 12.1 Å². The van der Waals surface area contributed by atoms with E-state index < -0.39 is 11.6 Å². The average Bonchev–Trinajstić information content (AvgIpc) is 2.41. The Balaban J connectivity index is 2.51. The van der Waals surface area contributed by atoms with Crippen LogP contribution in [0.4, 0.5) is 8.78 Å². The third-order valence-corrected chi connectivity index (χ3v) is 2.89. The number of nitrogens with zero attached hydrogens (tertiary/aromatic N) is 1.